The smallest absolute Gasteiger partial charge is 0.0897 e. The number of nitrogens with one attached hydrogen (secondary N) is 1. The van der Waals surface area contributed by atoms with Gasteiger partial charge in [0.2, 0.25) is 0 Å². The van der Waals surface area contributed by atoms with Crippen molar-refractivity contribution in [2.45, 2.75) is 57.2 Å². The summed E-state index contributed by atoms with van der Waals surface area (Å²) in [7, 11) is 0. The van der Waals surface area contributed by atoms with Crippen LogP contribution >= 0.6 is 0 Å². The largest absolute Gasteiger partial charge is 0.396 e. The highest BCUT2D eigenvalue weighted by atomic mass is 16.5. The van der Waals surface area contributed by atoms with Crippen LogP contribution in [0.2, 0.25) is 0 Å². The molecule has 1 atom stereocenters. The Bertz CT molecular complexity index is 172. The van der Waals surface area contributed by atoms with E-state index >= 15 is 0 Å². The third-order valence-corrected chi connectivity index (χ3v) is 3.22. The van der Waals surface area contributed by atoms with E-state index in [4.69, 9.17) is 9.84 Å². The Hall–Kier alpha value is -0.160. The number of rotatable bonds is 10. The van der Waals surface area contributed by atoms with Crippen molar-refractivity contribution in [3.63, 3.8) is 0 Å². The van der Waals surface area contributed by atoms with Crippen LogP contribution in [0.15, 0.2) is 0 Å². The van der Waals surface area contributed by atoms with Crippen molar-refractivity contribution in [1.82, 2.24) is 5.32 Å². The van der Waals surface area contributed by atoms with E-state index in [9.17, 15) is 5.11 Å². The number of hydrogen-bond donors (Lipinski definition) is 3. The summed E-state index contributed by atoms with van der Waals surface area (Å²) < 4.78 is 5.64. The Morgan fingerprint density at radius 1 is 1.18 bits per heavy atom. The van der Waals surface area contributed by atoms with Crippen LogP contribution in [0.3, 0.4) is 0 Å². The number of unbranched alkanes of at least 4 members (excludes halogenated alkanes) is 2. The molecule has 0 aromatic heterocycles. The summed E-state index contributed by atoms with van der Waals surface area (Å²) in [5, 5.41) is 21.5. The highest BCUT2D eigenvalue weighted by molar-refractivity contribution is 4.68. The molecule has 0 saturated heterocycles. The molecule has 0 aromatic rings. The van der Waals surface area contributed by atoms with Crippen LogP contribution in [0, 0.1) is 0 Å². The summed E-state index contributed by atoms with van der Waals surface area (Å²) in [6.07, 6.45) is 7.79. The van der Waals surface area contributed by atoms with Crippen molar-refractivity contribution >= 4 is 0 Å². The molecular weight excluding hydrogens is 218 g/mol. The summed E-state index contributed by atoms with van der Waals surface area (Å²) in [5.74, 6) is 0. The molecule has 1 fully saturated rings. The molecule has 1 saturated carbocycles. The van der Waals surface area contributed by atoms with Gasteiger partial charge in [-0.2, -0.15) is 0 Å². The molecule has 4 heteroatoms. The molecule has 1 aliphatic carbocycles. The zero-order valence-corrected chi connectivity index (χ0v) is 10.7. The lowest BCUT2D eigenvalue weighted by Gasteiger charge is -2.15. The summed E-state index contributed by atoms with van der Waals surface area (Å²) >= 11 is 0. The van der Waals surface area contributed by atoms with Crippen LogP contribution in [-0.2, 0) is 4.74 Å². The molecule has 0 aliphatic heterocycles. The van der Waals surface area contributed by atoms with Gasteiger partial charge in [-0.15, -0.1) is 0 Å². The van der Waals surface area contributed by atoms with Crippen LogP contribution in [-0.4, -0.2) is 48.7 Å². The van der Waals surface area contributed by atoms with Gasteiger partial charge < -0.3 is 20.3 Å². The molecule has 0 heterocycles. The van der Waals surface area contributed by atoms with Gasteiger partial charge in [0.05, 0.1) is 18.8 Å². The first-order chi connectivity index (χ1) is 8.33. The van der Waals surface area contributed by atoms with E-state index in [1.54, 1.807) is 0 Å². The fourth-order valence-electron chi connectivity index (χ4n) is 2.17. The van der Waals surface area contributed by atoms with Gasteiger partial charge in [-0.05, 0) is 38.6 Å². The van der Waals surface area contributed by atoms with Gasteiger partial charge in [-0.3, -0.25) is 0 Å². The number of aliphatic hydroxyl groups is 2. The van der Waals surface area contributed by atoms with E-state index < -0.39 is 6.10 Å². The third kappa shape index (κ3) is 7.71. The van der Waals surface area contributed by atoms with Crippen molar-refractivity contribution in [3.8, 4) is 0 Å². The van der Waals surface area contributed by atoms with Gasteiger partial charge >= 0.3 is 0 Å². The molecule has 0 radical (unpaired) electrons. The first-order valence-corrected chi connectivity index (χ1v) is 6.94. The second kappa shape index (κ2) is 9.83. The quantitative estimate of drug-likeness (QED) is 0.504. The van der Waals surface area contributed by atoms with Gasteiger partial charge in [0.15, 0.2) is 0 Å². The first-order valence-electron chi connectivity index (χ1n) is 6.94. The average Bonchev–Trinajstić information content (AvgIpc) is 2.84. The minimum absolute atomic E-state index is 0.276. The molecule has 3 N–H and O–H groups in total. The van der Waals surface area contributed by atoms with Crippen LogP contribution in [0.1, 0.15) is 44.9 Å². The van der Waals surface area contributed by atoms with Crippen molar-refractivity contribution in [2.24, 2.45) is 0 Å². The molecule has 102 valence electrons. The Balaban J connectivity index is 1.85. The Labute approximate surface area is 104 Å². The maximum absolute atomic E-state index is 9.68. The van der Waals surface area contributed by atoms with Crippen molar-refractivity contribution < 1.29 is 14.9 Å². The van der Waals surface area contributed by atoms with Gasteiger partial charge in [0, 0.05) is 13.2 Å². The van der Waals surface area contributed by atoms with E-state index in [1.165, 1.54) is 12.8 Å². The van der Waals surface area contributed by atoms with E-state index in [2.05, 4.69) is 5.32 Å². The predicted octanol–water partition coefficient (Wildman–Crippen LogP) is 1.06. The fourth-order valence-corrected chi connectivity index (χ4v) is 2.17. The van der Waals surface area contributed by atoms with E-state index in [0.29, 0.717) is 19.3 Å². The van der Waals surface area contributed by atoms with Crippen LogP contribution in [0.5, 0.6) is 0 Å². The summed E-state index contributed by atoms with van der Waals surface area (Å²) in [5.41, 5.74) is 0. The molecule has 0 spiro atoms. The minimum atomic E-state index is -0.395. The standard InChI is InChI=1S/C13H27NO3/c15-9-5-1-4-8-14-10-12(16)11-17-13-6-2-3-7-13/h12-16H,1-11H2. The van der Waals surface area contributed by atoms with Crippen LogP contribution in [0.25, 0.3) is 0 Å². The molecule has 1 aliphatic rings. The van der Waals surface area contributed by atoms with Crippen LogP contribution in [0.4, 0.5) is 0 Å². The van der Waals surface area contributed by atoms with E-state index in [1.807, 2.05) is 0 Å². The lowest BCUT2D eigenvalue weighted by molar-refractivity contribution is -0.00536. The summed E-state index contributed by atoms with van der Waals surface area (Å²) in [6, 6.07) is 0. The monoisotopic (exact) mass is 245 g/mol. The van der Waals surface area contributed by atoms with Crippen molar-refractivity contribution in [2.75, 3.05) is 26.3 Å². The number of ether oxygens (including phenoxy) is 1. The number of hydrogen-bond acceptors (Lipinski definition) is 4. The first kappa shape index (κ1) is 14.9. The average molecular weight is 245 g/mol. The SMILES string of the molecule is OCCCCCNCC(O)COC1CCCC1. The van der Waals surface area contributed by atoms with Crippen molar-refractivity contribution in [3.05, 3.63) is 0 Å². The molecule has 17 heavy (non-hydrogen) atoms. The molecule has 1 unspecified atom stereocenters. The molecule has 4 nitrogen and oxygen atoms in total. The molecule has 0 amide bonds. The molecular formula is C13H27NO3. The van der Waals surface area contributed by atoms with Crippen molar-refractivity contribution in [1.29, 1.82) is 0 Å². The normalized spacial score (nSPS) is 18.7. The maximum Gasteiger partial charge on any atom is 0.0897 e. The minimum Gasteiger partial charge on any atom is -0.396 e. The fraction of sp³-hybridized carbons (Fsp3) is 1.00. The predicted molar refractivity (Wildman–Crippen MR) is 68.0 cm³/mol. The van der Waals surface area contributed by atoms with Gasteiger partial charge in [-0.25, -0.2) is 0 Å². The van der Waals surface area contributed by atoms with E-state index in [0.717, 1.165) is 38.6 Å². The molecule has 0 aromatic carbocycles. The zero-order chi connectivity index (χ0) is 12.3. The summed E-state index contributed by atoms with van der Waals surface area (Å²) in [6.45, 7) is 2.23. The second-order valence-corrected chi connectivity index (χ2v) is 4.88. The Morgan fingerprint density at radius 3 is 2.65 bits per heavy atom. The highest BCUT2D eigenvalue weighted by Gasteiger charge is 2.16. The Morgan fingerprint density at radius 2 is 1.94 bits per heavy atom. The van der Waals surface area contributed by atoms with Gasteiger partial charge in [0.25, 0.3) is 0 Å². The zero-order valence-electron chi connectivity index (χ0n) is 10.7. The van der Waals surface area contributed by atoms with Gasteiger partial charge in [-0.1, -0.05) is 12.8 Å². The second-order valence-electron chi connectivity index (χ2n) is 4.88. The van der Waals surface area contributed by atoms with E-state index in [-0.39, 0.29) is 6.61 Å². The Kier molecular flexibility index (Phi) is 8.61. The highest BCUT2D eigenvalue weighted by Crippen LogP contribution is 2.20. The van der Waals surface area contributed by atoms with Gasteiger partial charge in [0.1, 0.15) is 0 Å². The topological polar surface area (TPSA) is 61.7 Å². The maximum atomic E-state index is 9.68. The summed E-state index contributed by atoms with van der Waals surface area (Å²) in [4.78, 5) is 0. The lowest BCUT2D eigenvalue weighted by atomic mass is 10.2. The molecule has 0 bridgehead atoms. The van der Waals surface area contributed by atoms with Crippen LogP contribution < -0.4 is 5.32 Å². The molecule has 1 rings (SSSR count). The lowest BCUT2D eigenvalue weighted by Crippen LogP contribution is -2.32. The third-order valence-electron chi connectivity index (χ3n) is 3.22. The number of aliphatic hydroxyl groups excluding tert-OH is 2.